The highest BCUT2D eigenvalue weighted by Gasteiger charge is 2.16. The standard InChI is InChI=1S/C45H33N9O12/c55-28-7-16-34(37(58)19-28)40(61)52-46-22-25-1-10-31(11-2-25)64-43-49-44(65-32-12-3-26(4-13-32)23-47-53-41(62)35-17-8-29(56)20-38(35)59)51-45(50-43)66-33-14-5-27(6-15-33)24-48-54-42(63)36-18-9-30(57)21-39(36)60/h1-24,55-60H,(H,52,61)(H,53,62)(H,54,63)/b46-22+,47-23+,48-24+. The van der Waals surface area contributed by atoms with Crippen LogP contribution >= 0.6 is 0 Å². The Morgan fingerprint density at radius 2 is 0.652 bits per heavy atom. The first-order chi connectivity index (χ1) is 31.8. The number of carbonyl (C=O) groups is 3. The smallest absolute Gasteiger partial charge is 0.331 e. The minimum absolute atomic E-state index is 0.0851. The molecule has 0 aliphatic heterocycles. The van der Waals surface area contributed by atoms with Gasteiger partial charge in [-0.25, -0.2) is 16.3 Å². The predicted molar refractivity (Wildman–Crippen MR) is 234 cm³/mol. The summed E-state index contributed by atoms with van der Waals surface area (Å²) in [7, 11) is 0. The number of amides is 3. The van der Waals surface area contributed by atoms with Gasteiger partial charge in [-0.1, -0.05) is 0 Å². The van der Waals surface area contributed by atoms with E-state index in [0.717, 1.165) is 18.2 Å². The molecule has 0 radical (unpaired) electrons. The number of hydrogen-bond acceptors (Lipinski definition) is 18. The lowest BCUT2D eigenvalue weighted by molar-refractivity contribution is 0.0944. The fourth-order valence-electron chi connectivity index (χ4n) is 5.45. The number of hydrogen-bond donors (Lipinski definition) is 9. The number of phenolic OH excluding ortho intramolecular Hbond substituents is 6. The van der Waals surface area contributed by atoms with Crippen molar-refractivity contribution in [3.8, 4) is 69.8 Å². The van der Waals surface area contributed by atoms with Crippen LogP contribution in [0, 0.1) is 0 Å². The monoisotopic (exact) mass is 891 g/mol. The molecule has 21 nitrogen and oxygen atoms in total. The van der Waals surface area contributed by atoms with Gasteiger partial charge in [-0.15, -0.1) is 15.0 Å². The van der Waals surface area contributed by atoms with Crippen molar-refractivity contribution in [1.29, 1.82) is 0 Å². The number of aromatic nitrogens is 3. The van der Waals surface area contributed by atoms with Gasteiger partial charge in [-0.2, -0.15) is 15.3 Å². The quantitative estimate of drug-likeness (QED) is 0.0436. The molecule has 21 heteroatoms. The maximum absolute atomic E-state index is 12.4. The molecule has 7 rings (SSSR count). The van der Waals surface area contributed by atoms with Gasteiger partial charge in [0.1, 0.15) is 51.7 Å². The number of aromatic hydroxyl groups is 6. The number of nitrogens with one attached hydrogen (secondary N) is 3. The fraction of sp³-hybridized carbons (Fsp3) is 0. The van der Waals surface area contributed by atoms with E-state index in [-0.39, 0.29) is 69.2 Å². The van der Waals surface area contributed by atoms with Crippen molar-refractivity contribution in [2.75, 3.05) is 0 Å². The Labute approximate surface area is 371 Å². The van der Waals surface area contributed by atoms with E-state index >= 15 is 0 Å². The Morgan fingerprint density at radius 1 is 0.394 bits per heavy atom. The summed E-state index contributed by atoms with van der Waals surface area (Å²) in [6.07, 6.45) is 4.06. The average Bonchev–Trinajstić information content (AvgIpc) is 3.28. The van der Waals surface area contributed by atoms with Crippen LogP contribution in [0.3, 0.4) is 0 Å². The van der Waals surface area contributed by atoms with Gasteiger partial charge in [-0.05, 0) is 126 Å². The largest absolute Gasteiger partial charge is 0.508 e. The number of benzene rings is 6. The third-order valence-electron chi connectivity index (χ3n) is 8.66. The zero-order valence-electron chi connectivity index (χ0n) is 33.7. The van der Waals surface area contributed by atoms with Crippen LogP contribution in [-0.2, 0) is 0 Å². The lowest BCUT2D eigenvalue weighted by Gasteiger charge is -2.10. The molecule has 0 aliphatic rings. The molecule has 0 saturated heterocycles. The zero-order chi connectivity index (χ0) is 46.6. The molecule has 0 aliphatic carbocycles. The van der Waals surface area contributed by atoms with Crippen molar-refractivity contribution in [2.45, 2.75) is 0 Å². The second-order valence-electron chi connectivity index (χ2n) is 13.4. The summed E-state index contributed by atoms with van der Waals surface area (Å²) in [5.74, 6) is -3.11. The van der Waals surface area contributed by atoms with Crippen LogP contribution in [0.4, 0.5) is 0 Å². The van der Waals surface area contributed by atoms with E-state index < -0.39 is 35.0 Å². The number of carbonyl (C=O) groups excluding carboxylic acids is 3. The molecule has 66 heavy (non-hydrogen) atoms. The van der Waals surface area contributed by atoms with Crippen molar-refractivity contribution < 1.29 is 59.2 Å². The summed E-state index contributed by atoms with van der Waals surface area (Å²) >= 11 is 0. The van der Waals surface area contributed by atoms with Gasteiger partial charge in [0.15, 0.2) is 0 Å². The molecule has 1 heterocycles. The molecule has 9 N–H and O–H groups in total. The highest BCUT2D eigenvalue weighted by Crippen LogP contribution is 2.28. The van der Waals surface area contributed by atoms with E-state index in [4.69, 9.17) is 14.2 Å². The van der Waals surface area contributed by atoms with Crippen LogP contribution in [0.15, 0.2) is 143 Å². The second kappa shape index (κ2) is 20.2. The maximum Gasteiger partial charge on any atom is 0.331 e. The molecular formula is C45H33N9O12. The minimum atomic E-state index is -0.698. The number of ether oxygens (including phenoxy) is 3. The summed E-state index contributed by atoms with van der Waals surface area (Å²) in [4.78, 5) is 50.0. The van der Waals surface area contributed by atoms with Gasteiger partial charge in [0.25, 0.3) is 17.7 Å². The lowest BCUT2D eigenvalue weighted by Crippen LogP contribution is -2.17. The molecule has 0 atom stereocenters. The molecule has 0 bridgehead atoms. The summed E-state index contributed by atoms with van der Waals surface area (Å²) in [5.41, 5.74) is 8.30. The topological polar surface area (TPSA) is 312 Å². The van der Waals surface area contributed by atoms with Crippen LogP contribution in [0.25, 0.3) is 0 Å². The SMILES string of the molecule is O=C(N/N=C/c1ccc(Oc2nc(Oc3ccc(/C=N/NC(=O)c4ccc(O)cc4O)cc3)nc(Oc3ccc(/C=N/NC(=O)c4ccc(O)cc4O)cc3)n2)cc1)c1ccc(O)cc1O. The Hall–Kier alpha value is -10.1. The van der Waals surface area contributed by atoms with Crippen LogP contribution < -0.4 is 30.5 Å². The van der Waals surface area contributed by atoms with Gasteiger partial charge in [-0.3, -0.25) is 14.4 Å². The van der Waals surface area contributed by atoms with Crippen LogP contribution in [0.1, 0.15) is 47.8 Å². The number of hydrazone groups is 3. The molecular weight excluding hydrogens is 859 g/mol. The Kier molecular flexibility index (Phi) is 13.5. The van der Waals surface area contributed by atoms with Crippen molar-refractivity contribution in [3.63, 3.8) is 0 Å². The molecule has 3 amide bonds. The summed E-state index contributed by atoms with van der Waals surface area (Å²) in [6.45, 7) is 0. The third-order valence-corrected chi connectivity index (χ3v) is 8.66. The van der Waals surface area contributed by atoms with Crippen LogP contribution in [-0.4, -0.2) is 82.0 Å². The van der Waals surface area contributed by atoms with Gasteiger partial charge in [0, 0.05) is 18.2 Å². The summed E-state index contributed by atoms with van der Waals surface area (Å²) < 4.78 is 17.8. The number of nitrogens with zero attached hydrogens (tertiary/aromatic N) is 6. The normalized spacial score (nSPS) is 11.1. The molecule has 330 valence electrons. The third kappa shape index (κ3) is 11.9. The van der Waals surface area contributed by atoms with E-state index in [1.54, 1.807) is 72.8 Å². The van der Waals surface area contributed by atoms with E-state index in [1.165, 1.54) is 55.0 Å². The Bertz CT molecular complexity index is 2670. The Morgan fingerprint density at radius 3 is 0.894 bits per heavy atom. The zero-order valence-corrected chi connectivity index (χ0v) is 33.7. The first kappa shape index (κ1) is 44.0. The molecule has 0 fully saturated rings. The van der Waals surface area contributed by atoms with Crippen molar-refractivity contribution >= 4 is 36.4 Å². The average molecular weight is 892 g/mol. The minimum Gasteiger partial charge on any atom is -0.508 e. The van der Waals surface area contributed by atoms with Crippen LogP contribution in [0.5, 0.6) is 69.8 Å². The maximum atomic E-state index is 12.4. The Balaban J connectivity index is 1.03. The van der Waals surface area contributed by atoms with Crippen molar-refractivity contribution in [3.05, 3.63) is 161 Å². The first-order valence-corrected chi connectivity index (χ1v) is 19.0. The predicted octanol–water partition coefficient (Wildman–Crippen LogP) is 5.77. The molecule has 0 saturated carbocycles. The molecule has 1 aromatic heterocycles. The lowest BCUT2D eigenvalue weighted by atomic mass is 10.2. The van der Waals surface area contributed by atoms with E-state index in [0.29, 0.717) is 16.7 Å². The molecule has 7 aromatic rings. The van der Waals surface area contributed by atoms with Gasteiger partial charge in [0.05, 0.1) is 35.3 Å². The molecule has 0 unspecified atom stereocenters. The van der Waals surface area contributed by atoms with Gasteiger partial charge in [0.2, 0.25) is 0 Å². The van der Waals surface area contributed by atoms with E-state index in [1.807, 2.05) is 0 Å². The molecule has 0 spiro atoms. The van der Waals surface area contributed by atoms with Crippen molar-refractivity contribution in [2.24, 2.45) is 15.3 Å². The fourth-order valence-corrected chi connectivity index (χ4v) is 5.45. The number of rotatable bonds is 15. The van der Waals surface area contributed by atoms with Crippen LogP contribution in [0.2, 0.25) is 0 Å². The van der Waals surface area contributed by atoms with E-state index in [9.17, 15) is 45.0 Å². The first-order valence-electron chi connectivity index (χ1n) is 19.0. The highest BCUT2D eigenvalue weighted by molar-refractivity contribution is 5.99. The van der Waals surface area contributed by atoms with Gasteiger partial charge < -0.3 is 44.8 Å². The second-order valence-corrected chi connectivity index (χ2v) is 13.4. The van der Waals surface area contributed by atoms with Gasteiger partial charge >= 0.3 is 18.0 Å². The summed E-state index contributed by atoms with van der Waals surface area (Å²) in [6, 6.07) is 29.1. The van der Waals surface area contributed by atoms with E-state index in [2.05, 4.69) is 46.5 Å². The molecule has 6 aromatic carbocycles. The highest BCUT2D eigenvalue weighted by atomic mass is 16.5. The summed E-state index contributed by atoms with van der Waals surface area (Å²) in [5, 5.41) is 69.9. The van der Waals surface area contributed by atoms with Crippen molar-refractivity contribution in [1.82, 2.24) is 31.2 Å². The number of phenols is 6.